The summed E-state index contributed by atoms with van der Waals surface area (Å²) in [7, 11) is 0. The highest BCUT2D eigenvalue weighted by molar-refractivity contribution is 7.97. The molecule has 192 valence electrons. The van der Waals surface area contributed by atoms with E-state index in [1.165, 1.54) is 11.9 Å². The van der Waals surface area contributed by atoms with Gasteiger partial charge in [-0.3, -0.25) is 15.6 Å². The van der Waals surface area contributed by atoms with Crippen molar-refractivity contribution in [2.75, 3.05) is 11.9 Å². The Morgan fingerprint density at radius 2 is 1.86 bits per heavy atom. The Balaban J connectivity index is 1.85. The van der Waals surface area contributed by atoms with E-state index in [0.717, 1.165) is 4.90 Å². The highest BCUT2D eigenvalue weighted by atomic mass is 32.2. The van der Waals surface area contributed by atoms with Gasteiger partial charge in [0, 0.05) is 16.1 Å². The zero-order valence-electron chi connectivity index (χ0n) is 20.9. The van der Waals surface area contributed by atoms with Crippen LogP contribution in [0.15, 0.2) is 71.6 Å². The summed E-state index contributed by atoms with van der Waals surface area (Å²) < 4.78 is 11.7. The number of hydrogen-bond acceptors (Lipinski definition) is 8. The maximum Gasteiger partial charge on any atom is 0.261 e. The van der Waals surface area contributed by atoms with E-state index in [1.807, 2.05) is 32.9 Å². The summed E-state index contributed by atoms with van der Waals surface area (Å²) in [6.45, 7) is 6.19. The number of amides is 1. The number of anilines is 1. The molecule has 0 spiro atoms. The number of ether oxygens (including phenoxy) is 2. The third kappa shape index (κ3) is 7.90. The molecule has 3 aromatic carbocycles. The Morgan fingerprint density at radius 1 is 1.11 bits per heavy atom. The Kier molecular flexibility index (Phi) is 9.77. The van der Waals surface area contributed by atoms with Crippen molar-refractivity contribution in [3.63, 3.8) is 0 Å². The smallest absolute Gasteiger partial charge is 0.261 e. The number of rotatable bonds is 12. The first kappa shape index (κ1) is 27.4. The van der Waals surface area contributed by atoms with E-state index in [2.05, 4.69) is 21.6 Å². The predicted octanol–water partition coefficient (Wildman–Crippen LogP) is 4.51. The molecule has 0 aliphatic heterocycles. The fraction of sp³-hybridized carbons (Fsp3) is 0.222. The lowest BCUT2D eigenvalue weighted by molar-refractivity contribution is -0.122. The Hall–Kier alpha value is -4.20. The number of hydrazine groups is 1. The third-order valence-corrected chi connectivity index (χ3v) is 5.73. The van der Waals surface area contributed by atoms with Crippen molar-refractivity contribution in [3.05, 3.63) is 83.4 Å². The molecule has 0 fully saturated rings. The second-order valence-corrected chi connectivity index (χ2v) is 9.09. The van der Waals surface area contributed by atoms with E-state index < -0.39 is 6.04 Å². The molecule has 0 saturated heterocycles. The number of hydrogen-bond donors (Lipinski definition) is 5. The van der Waals surface area contributed by atoms with Crippen molar-refractivity contribution in [1.29, 1.82) is 10.7 Å². The Morgan fingerprint density at radius 3 is 2.51 bits per heavy atom. The molecule has 37 heavy (non-hydrogen) atoms. The van der Waals surface area contributed by atoms with Crippen LogP contribution < -0.4 is 30.8 Å². The van der Waals surface area contributed by atoms with E-state index in [0.29, 0.717) is 40.5 Å². The summed E-state index contributed by atoms with van der Waals surface area (Å²) in [6.07, 6.45) is -0.0390. The molecule has 1 atom stereocenters. The first-order valence-corrected chi connectivity index (χ1v) is 12.5. The molecule has 1 amide bonds. The lowest BCUT2D eigenvalue weighted by Crippen LogP contribution is -2.39. The summed E-state index contributed by atoms with van der Waals surface area (Å²) in [4.78, 5) is 17.0. The first-order chi connectivity index (χ1) is 17.8. The van der Waals surface area contributed by atoms with Gasteiger partial charge in [0.2, 0.25) is 0 Å². The molecule has 10 heteroatoms. The molecule has 0 aromatic heterocycles. The zero-order chi connectivity index (χ0) is 26.8. The van der Waals surface area contributed by atoms with E-state index >= 15 is 0 Å². The van der Waals surface area contributed by atoms with Crippen LogP contribution in [0.5, 0.6) is 11.5 Å². The van der Waals surface area contributed by atoms with Gasteiger partial charge >= 0.3 is 0 Å². The molecule has 3 aromatic rings. The highest BCUT2D eigenvalue weighted by Gasteiger charge is 2.23. The van der Waals surface area contributed by atoms with Gasteiger partial charge in [-0.15, -0.1) is 0 Å². The average molecular weight is 519 g/mol. The van der Waals surface area contributed by atoms with E-state index in [-0.39, 0.29) is 17.8 Å². The van der Waals surface area contributed by atoms with Gasteiger partial charge in [-0.1, -0.05) is 12.1 Å². The van der Waals surface area contributed by atoms with Gasteiger partial charge in [0.1, 0.15) is 11.9 Å². The lowest BCUT2D eigenvalue weighted by Gasteiger charge is -2.22. The number of amidine groups is 1. The molecule has 0 aliphatic rings. The van der Waals surface area contributed by atoms with Crippen molar-refractivity contribution in [2.24, 2.45) is 5.73 Å². The van der Waals surface area contributed by atoms with Crippen LogP contribution in [0.4, 0.5) is 5.69 Å². The lowest BCUT2D eigenvalue weighted by atomic mass is 10.0. The molecule has 0 radical (unpaired) electrons. The molecule has 6 N–H and O–H groups in total. The van der Waals surface area contributed by atoms with E-state index in [4.69, 9.17) is 25.9 Å². The third-order valence-electron chi connectivity index (χ3n) is 5.04. The fourth-order valence-corrected chi connectivity index (χ4v) is 3.97. The quantitative estimate of drug-likeness (QED) is 0.102. The van der Waals surface area contributed by atoms with Crippen molar-refractivity contribution < 1.29 is 14.3 Å². The topological polar surface area (TPSA) is 145 Å². The summed E-state index contributed by atoms with van der Waals surface area (Å²) in [5, 5.41) is 19.9. The minimum Gasteiger partial charge on any atom is -0.490 e. The van der Waals surface area contributed by atoms with Crippen LogP contribution in [0.1, 0.15) is 43.5 Å². The molecule has 0 saturated carbocycles. The van der Waals surface area contributed by atoms with Gasteiger partial charge in [-0.25, -0.2) is 0 Å². The van der Waals surface area contributed by atoms with Gasteiger partial charge < -0.3 is 20.5 Å². The molecule has 0 bridgehead atoms. The first-order valence-electron chi connectivity index (χ1n) is 11.7. The number of benzene rings is 3. The second kappa shape index (κ2) is 13.2. The number of nitrogens with one attached hydrogen (secondary N) is 4. The number of nitrogens with zero attached hydrogens (tertiary/aromatic N) is 1. The summed E-state index contributed by atoms with van der Waals surface area (Å²) in [5.74, 6) is 0.747. The normalized spacial score (nSPS) is 11.3. The van der Waals surface area contributed by atoms with Crippen LogP contribution in [0.3, 0.4) is 0 Å². The molecule has 3 rings (SSSR count). The standard InChI is InChI=1S/C27H30N6O3S/c1-4-35-24-15-20(10-13-23(24)36-17(2)3)25(31-21-11-8-19(9-12-21)26(29)30)27(34)32-33-37-22-7-5-6-18(14-22)16-28/h5-15,17,25,31,33H,4H2,1-3H3,(H3,29,30)(H,32,34). The van der Waals surface area contributed by atoms with Crippen LogP contribution in [-0.2, 0) is 4.79 Å². The van der Waals surface area contributed by atoms with Crippen molar-refractivity contribution in [2.45, 2.75) is 37.8 Å². The van der Waals surface area contributed by atoms with Crippen LogP contribution in [0.2, 0.25) is 0 Å². The minimum atomic E-state index is -0.797. The number of carbonyl (C=O) groups is 1. The van der Waals surface area contributed by atoms with Crippen LogP contribution in [0.25, 0.3) is 0 Å². The molecular formula is C27H30N6O3S. The number of nitrogen functional groups attached to an aromatic ring is 1. The summed E-state index contributed by atoms with van der Waals surface area (Å²) in [6, 6.07) is 20.6. The van der Waals surface area contributed by atoms with Crippen molar-refractivity contribution in [1.82, 2.24) is 10.3 Å². The monoisotopic (exact) mass is 518 g/mol. The summed E-state index contributed by atoms with van der Waals surface area (Å²) in [5.41, 5.74) is 10.7. The van der Waals surface area contributed by atoms with E-state index in [1.54, 1.807) is 54.6 Å². The van der Waals surface area contributed by atoms with Gasteiger partial charge in [0.05, 0.1) is 24.3 Å². The molecule has 9 nitrogen and oxygen atoms in total. The maximum atomic E-state index is 13.3. The van der Waals surface area contributed by atoms with Crippen LogP contribution in [-0.4, -0.2) is 24.5 Å². The second-order valence-electron chi connectivity index (χ2n) is 8.21. The number of carbonyl (C=O) groups excluding carboxylic acids is 1. The average Bonchev–Trinajstić information content (AvgIpc) is 2.88. The van der Waals surface area contributed by atoms with Gasteiger partial charge in [-0.05, 0) is 92.9 Å². The van der Waals surface area contributed by atoms with Gasteiger partial charge in [0.25, 0.3) is 5.91 Å². The zero-order valence-corrected chi connectivity index (χ0v) is 21.7. The SMILES string of the molecule is CCOc1cc(C(Nc2ccc(C(=N)N)cc2)C(=O)NNSc2cccc(C#N)c2)ccc1OC(C)C. The van der Waals surface area contributed by atoms with Crippen LogP contribution >= 0.6 is 11.9 Å². The molecule has 0 heterocycles. The number of nitriles is 1. The fourth-order valence-electron chi connectivity index (χ4n) is 3.37. The Labute approximate surface area is 221 Å². The maximum absolute atomic E-state index is 13.3. The van der Waals surface area contributed by atoms with Crippen molar-refractivity contribution in [3.8, 4) is 17.6 Å². The van der Waals surface area contributed by atoms with Crippen LogP contribution in [0, 0.1) is 16.7 Å². The minimum absolute atomic E-state index is 0.0374. The summed E-state index contributed by atoms with van der Waals surface area (Å²) >= 11 is 1.18. The van der Waals surface area contributed by atoms with Gasteiger partial charge in [0.15, 0.2) is 11.5 Å². The molecular weight excluding hydrogens is 488 g/mol. The molecule has 0 aliphatic carbocycles. The van der Waals surface area contributed by atoms with E-state index in [9.17, 15) is 4.79 Å². The van der Waals surface area contributed by atoms with Crippen molar-refractivity contribution >= 4 is 29.4 Å². The van der Waals surface area contributed by atoms with Gasteiger partial charge in [-0.2, -0.15) is 10.1 Å². The highest BCUT2D eigenvalue weighted by Crippen LogP contribution is 2.33. The number of nitrogens with two attached hydrogens (primary N) is 1. The largest absolute Gasteiger partial charge is 0.490 e. The molecule has 1 unspecified atom stereocenters. The predicted molar refractivity (Wildman–Crippen MR) is 145 cm³/mol. The Bertz CT molecular complexity index is 1270.